The van der Waals surface area contributed by atoms with E-state index in [0.29, 0.717) is 0 Å². The van der Waals surface area contributed by atoms with Crippen molar-refractivity contribution in [2.75, 3.05) is 31.3 Å². The molecule has 0 aliphatic carbocycles. The van der Waals surface area contributed by atoms with Crippen LogP contribution in [-0.4, -0.2) is 44.2 Å². The van der Waals surface area contributed by atoms with Crippen LogP contribution in [0.3, 0.4) is 0 Å². The van der Waals surface area contributed by atoms with Crippen molar-refractivity contribution in [1.29, 1.82) is 0 Å². The van der Waals surface area contributed by atoms with E-state index in [1.165, 1.54) is 57.0 Å². The molecule has 0 radical (unpaired) electrons. The average molecular weight is 326 g/mol. The number of hydrogen-bond donors (Lipinski definition) is 0. The van der Waals surface area contributed by atoms with E-state index < -0.39 is 17.7 Å². The van der Waals surface area contributed by atoms with Gasteiger partial charge >= 0.3 is 0 Å². The van der Waals surface area contributed by atoms with Crippen molar-refractivity contribution in [2.45, 2.75) is 59.3 Å². The first-order valence-electron chi connectivity index (χ1n) is 7.84. The van der Waals surface area contributed by atoms with Gasteiger partial charge in [-0.3, -0.25) is 4.18 Å². The van der Waals surface area contributed by atoms with Crippen LogP contribution in [0.15, 0.2) is 0 Å². The van der Waals surface area contributed by atoms with Gasteiger partial charge in [0, 0.05) is 7.26 Å². The predicted molar refractivity (Wildman–Crippen MR) is 86.8 cm³/mol. The molecule has 0 bridgehead atoms. The molecule has 0 atom stereocenters. The highest BCUT2D eigenvalue weighted by atomic mass is 32.3. The fraction of sp³-hybridized carbons (Fsp3) is 1.00. The van der Waals surface area contributed by atoms with E-state index in [0.717, 1.165) is 6.16 Å². The molecule has 6 heteroatoms. The van der Waals surface area contributed by atoms with Crippen molar-refractivity contribution in [1.82, 2.24) is 0 Å². The molecule has 0 amide bonds. The van der Waals surface area contributed by atoms with Gasteiger partial charge in [-0.2, -0.15) is 0 Å². The van der Waals surface area contributed by atoms with Crippen LogP contribution in [0.25, 0.3) is 0 Å². The number of unbranched alkanes of at least 4 members (excludes halogenated alkanes) is 3. The molecule has 0 rings (SSSR count). The molecule has 0 aromatic rings. The molecule has 0 saturated carbocycles. The Morgan fingerprint density at radius 3 is 1.55 bits per heavy atom. The highest BCUT2D eigenvalue weighted by Crippen LogP contribution is 2.60. The predicted octanol–water partition coefficient (Wildman–Crippen LogP) is 3.88. The van der Waals surface area contributed by atoms with Gasteiger partial charge in [-0.25, -0.2) is 8.42 Å². The summed E-state index contributed by atoms with van der Waals surface area (Å²) in [5.74, 6) is 0. The molecule has 122 valence electrons. The minimum absolute atomic E-state index is 0.0801. The molecular weight excluding hydrogens is 295 g/mol. The van der Waals surface area contributed by atoms with Gasteiger partial charge in [-0.15, -0.1) is 0 Å². The van der Waals surface area contributed by atoms with Crippen LogP contribution in [-0.2, 0) is 14.6 Å². The fourth-order valence-corrected chi connectivity index (χ4v) is 7.68. The van der Waals surface area contributed by atoms with Crippen molar-refractivity contribution < 1.29 is 17.2 Å². The molecule has 4 nitrogen and oxygen atoms in total. The fourth-order valence-electron chi connectivity index (χ4n) is 2.48. The Hall–Kier alpha value is 0.300. The maximum atomic E-state index is 10.6. The third-order valence-corrected chi connectivity index (χ3v) is 9.13. The topological polar surface area (TPSA) is 66.4 Å². The summed E-state index contributed by atoms with van der Waals surface area (Å²) in [4.78, 5) is 0. The molecule has 0 heterocycles. The quantitative estimate of drug-likeness (QED) is 0.293. The molecule has 20 heavy (non-hydrogen) atoms. The second-order valence-electron chi connectivity index (χ2n) is 5.53. The Balaban J connectivity index is 4.65. The normalized spacial score (nSPS) is 12.8. The molecular formula is C14H31O4PS. The minimum atomic E-state index is -4.54. The molecule has 0 saturated heterocycles. The molecule has 0 aliphatic rings. The van der Waals surface area contributed by atoms with E-state index in [-0.39, 0.29) is 6.61 Å². The van der Waals surface area contributed by atoms with Gasteiger partial charge in [0.1, 0.15) is 0 Å². The van der Waals surface area contributed by atoms with Crippen molar-refractivity contribution >= 4 is 17.7 Å². The monoisotopic (exact) mass is 326 g/mol. The Bertz CT molecular complexity index is 308. The lowest BCUT2D eigenvalue weighted by Gasteiger charge is -2.28. The summed E-state index contributed by atoms with van der Waals surface area (Å²) in [6.45, 7) is 6.64. The maximum Gasteiger partial charge on any atom is 0.217 e. The summed E-state index contributed by atoms with van der Waals surface area (Å²) >= 11 is 0. The third kappa shape index (κ3) is 10.1. The molecule has 0 aromatic heterocycles. The highest BCUT2D eigenvalue weighted by Gasteiger charge is 2.35. The third-order valence-electron chi connectivity index (χ3n) is 3.75. The van der Waals surface area contributed by atoms with Crippen molar-refractivity contribution in [2.24, 2.45) is 0 Å². The van der Waals surface area contributed by atoms with Gasteiger partial charge < -0.3 is 4.55 Å². The molecule has 0 unspecified atom stereocenters. The molecule has 0 fully saturated rings. The van der Waals surface area contributed by atoms with Gasteiger partial charge in [0.15, 0.2) is 0 Å². The summed E-state index contributed by atoms with van der Waals surface area (Å²) in [6, 6.07) is 0. The summed E-state index contributed by atoms with van der Waals surface area (Å²) in [5.41, 5.74) is 0. The molecule has 0 spiro atoms. The van der Waals surface area contributed by atoms with Crippen molar-refractivity contribution in [3.63, 3.8) is 0 Å². The van der Waals surface area contributed by atoms with E-state index in [2.05, 4.69) is 25.0 Å². The van der Waals surface area contributed by atoms with Gasteiger partial charge in [0.05, 0.1) is 31.3 Å². The van der Waals surface area contributed by atoms with Crippen molar-refractivity contribution in [3.8, 4) is 0 Å². The molecule has 0 aromatic carbocycles. The first-order chi connectivity index (χ1) is 9.39. The highest BCUT2D eigenvalue weighted by molar-refractivity contribution is 7.80. The maximum absolute atomic E-state index is 10.6. The van der Waals surface area contributed by atoms with Gasteiger partial charge in [0.2, 0.25) is 10.4 Å². The standard InChI is InChI=1S/C14H31O4PS/c1-4-7-11-19(12-8-5-2,13-9-6-3)14-10-18-20(15,16)17/h4-14H2,1-3H3. The lowest BCUT2D eigenvalue weighted by atomic mass is 10.4. The lowest BCUT2D eigenvalue weighted by molar-refractivity contribution is 0.276. The van der Waals surface area contributed by atoms with Crippen LogP contribution in [0.4, 0.5) is 0 Å². The van der Waals surface area contributed by atoms with Crippen LogP contribution in [0.1, 0.15) is 59.3 Å². The SMILES string of the molecule is CCCC[P+](CCCC)(CCCC)CCOS(=O)(=O)[O-]. The molecule has 0 aliphatic heterocycles. The van der Waals surface area contributed by atoms with E-state index in [1.807, 2.05) is 0 Å². The first kappa shape index (κ1) is 20.3. The summed E-state index contributed by atoms with van der Waals surface area (Å²) < 4.78 is 36.3. The summed E-state index contributed by atoms with van der Waals surface area (Å²) in [5, 5.41) is 0. The zero-order chi connectivity index (χ0) is 15.5. The van der Waals surface area contributed by atoms with Crippen LogP contribution >= 0.6 is 7.26 Å². The van der Waals surface area contributed by atoms with Crippen LogP contribution in [0.5, 0.6) is 0 Å². The first-order valence-corrected chi connectivity index (χ1v) is 11.7. The largest absolute Gasteiger partial charge is 0.726 e. The Morgan fingerprint density at radius 2 is 1.25 bits per heavy atom. The second kappa shape index (κ2) is 10.9. The van der Waals surface area contributed by atoms with Gasteiger partial charge in [0.25, 0.3) is 0 Å². The van der Waals surface area contributed by atoms with E-state index in [4.69, 9.17) is 0 Å². The Kier molecular flexibility index (Phi) is 11.1. The number of rotatable bonds is 13. The summed E-state index contributed by atoms with van der Waals surface area (Å²) in [7, 11) is -5.70. The van der Waals surface area contributed by atoms with Crippen LogP contribution in [0.2, 0.25) is 0 Å². The Morgan fingerprint density at radius 1 is 0.850 bits per heavy atom. The van der Waals surface area contributed by atoms with Gasteiger partial charge in [-0.05, 0) is 19.3 Å². The van der Waals surface area contributed by atoms with Gasteiger partial charge in [-0.1, -0.05) is 40.0 Å². The van der Waals surface area contributed by atoms with Crippen LogP contribution in [0, 0.1) is 0 Å². The zero-order valence-electron chi connectivity index (χ0n) is 13.3. The van der Waals surface area contributed by atoms with E-state index in [9.17, 15) is 13.0 Å². The van der Waals surface area contributed by atoms with Crippen LogP contribution < -0.4 is 0 Å². The lowest BCUT2D eigenvalue weighted by Crippen LogP contribution is -2.18. The van der Waals surface area contributed by atoms with Crippen molar-refractivity contribution in [3.05, 3.63) is 0 Å². The molecule has 0 N–H and O–H groups in total. The smallest absolute Gasteiger partial charge is 0.217 e. The Labute approximate surface area is 126 Å². The van der Waals surface area contributed by atoms with E-state index in [1.54, 1.807) is 0 Å². The summed E-state index contributed by atoms with van der Waals surface area (Å²) in [6.07, 6.45) is 11.5. The zero-order valence-corrected chi connectivity index (χ0v) is 15.0. The minimum Gasteiger partial charge on any atom is -0.726 e. The van der Waals surface area contributed by atoms with E-state index >= 15 is 0 Å². The second-order valence-corrected chi connectivity index (χ2v) is 11.1. The number of hydrogen-bond acceptors (Lipinski definition) is 4. The average Bonchev–Trinajstić information content (AvgIpc) is 2.38.